The third-order valence-corrected chi connectivity index (χ3v) is 2.70. The largest absolute Gasteiger partial charge is 0.269 e. The van der Waals surface area contributed by atoms with Crippen molar-refractivity contribution in [1.82, 2.24) is 15.2 Å². The van der Waals surface area contributed by atoms with Gasteiger partial charge in [0, 0.05) is 17.7 Å². The molecule has 3 rings (SSSR count). The van der Waals surface area contributed by atoms with E-state index in [9.17, 15) is 10.1 Å². The Morgan fingerprint density at radius 2 is 1.58 bits per heavy atom. The van der Waals surface area contributed by atoms with E-state index in [0.29, 0.717) is 16.9 Å². The van der Waals surface area contributed by atoms with Gasteiger partial charge in [0.1, 0.15) is 5.52 Å². The van der Waals surface area contributed by atoms with E-state index in [1.165, 1.54) is 12.1 Å². The average molecular weight is 252 g/mol. The molecule has 3 aromatic rings. The number of benzene rings is 2. The Balaban J connectivity index is 2.06. The second-order valence-electron chi connectivity index (χ2n) is 3.93. The van der Waals surface area contributed by atoms with Crippen molar-refractivity contribution in [2.75, 3.05) is 0 Å². The fourth-order valence-corrected chi connectivity index (χ4v) is 1.74. The maximum absolute atomic E-state index is 10.6. The number of hydrogen-bond donors (Lipinski definition) is 0. The first-order valence-corrected chi connectivity index (χ1v) is 5.58. The van der Waals surface area contributed by atoms with Gasteiger partial charge in [0.2, 0.25) is 0 Å². The van der Waals surface area contributed by atoms with Gasteiger partial charge in [-0.15, -0.1) is 10.2 Å². The number of rotatable bonds is 2. The van der Waals surface area contributed by atoms with Crippen molar-refractivity contribution in [3.8, 4) is 11.4 Å². The molecule has 0 saturated carbocycles. The molecule has 0 amide bonds. The van der Waals surface area contributed by atoms with Crippen LogP contribution in [0, 0.1) is 10.1 Å². The first kappa shape index (κ1) is 11.2. The number of nitro benzene ring substituents is 1. The molecular formula is C13H8N4O2. The van der Waals surface area contributed by atoms with Crippen molar-refractivity contribution in [3.05, 3.63) is 58.6 Å². The molecule has 0 atom stereocenters. The maximum atomic E-state index is 10.6. The Morgan fingerprint density at radius 3 is 2.26 bits per heavy atom. The van der Waals surface area contributed by atoms with Crippen molar-refractivity contribution >= 4 is 16.7 Å². The fourth-order valence-electron chi connectivity index (χ4n) is 1.74. The number of nitro groups is 1. The SMILES string of the molecule is O=[N+]([O-])c1ccc(-c2nnc3ccccc3n2)cc1. The molecule has 0 saturated heterocycles. The Hall–Kier alpha value is -2.89. The average Bonchev–Trinajstić information content (AvgIpc) is 2.47. The molecule has 92 valence electrons. The van der Waals surface area contributed by atoms with Crippen LogP contribution in [0.5, 0.6) is 0 Å². The predicted octanol–water partition coefficient (Wildman–Crippen LogP) is 2.60. The van der Waals surface area contributed by atoms with Gasteiger partial charge in [0.05, 0.1) is 10.4 Å². The van der Waals surface area contributed by atoms with E-state index in [-0.39, 0.29) is 5.69 Å². The zero-order valence-corrected chi connectivity index (χ0v) is 9.72. The smallest absolute Gasteiger partial charge is 0.258 e. The molecular weight excluding hydrogens is 244 g/mol. The van der Waals surface area contributed by atoms with Crippen LogP contribution < -0.4 is 0 Å². The molecule has 6 heteroatoms. The van der Waals surface area contributed by atoms with Gasteiger partial charge in [-0.1, -0.05) is 12.1 Å². The van der Waals surface area contributed by atoms with Crippen molar-refractivity contribution < 1.29 is 4.92 Å². The number of para-hydroxylation sites is 1. The zero-order chi connectivity index (χ0) is 13.2. The standard InChI is InChI=1S/C13H8N4O2/c18-17(19)10-7-5-9(6-8-10)13-14-11-3-1-2-4-12(11)15-16-13/h1-8H. The molecule has 0 unspecified atom stereocenters. The highest BCUT2D eigenvalue weighted by atomic mass is 16.6. The third-order valence-electron chi connectivity index (χ3n) is 2.70. The Kier molecular flexibility index (Phi) is 2.60. The normalized spacial score (nSPS) is 10.5. The van der Waals surface area contributed by atoms with Crippen LogP contribution in [0.2, 0.25) is 0 Å². The molecule has 1 aromatic heterocycles. The zero-order valence-electron chi connectivity index (χ0n) is 9.72. The highest BCUT2D eigenvalue weighted by Crippen LogP contribution is 2.20. The minimum Gasteiger partial charge on any atom is -0.258 e. The summed E-state index contributed by atoms with van der Waals surface area (Å²) in [5, 5.41) is 18.7. The lowest BCUT2D eigenvalue weighted by molar-refractivity contribution is -0.384. The van der Waals surface area contributed by atoms with Crippen molar-refractivity contribution in [2.45, 2.75) is 0 Å². The van der Waals surface area contributed by atoms with Crippen molar-refractivity contribution in [3.63, 3.8) is 0 Å². The highest BCUT2D eigenvalue weighted by molar-refractivity contribution is 5.75. The summed E-state index contributed by atoms with van der Waals surface area (Å²) in [6.07, 6.45) is 0. The summed E-state index contributed by atoms with van der Waals surface area (Å²) in [6, 6.07) is 13.5. The molecule has 0 spiro atoms. The van der Waals surface area contributed by atoms with Crippen LogP contribution in [0.4, 0.5) is 5.69 Å². The van der Waals surface area contributed by atoms with Gasteiger partial charge in [0.15, 0.2) is 5.82 Å². The highest BCUT2D eigenvalue weighted by Gasteiger charge is 2.08. The van der Waals surface area contributed by atoms with E-state index in [2.05, 4.69) is 15.2 Å². The monoisotopic (exact) mass is 252 g/mol. The molecule has 1 heterocycles. The van der Waals surface area contributed by atoms with Gasteiger partial charge >= 0.3 is 0 Å². The number of hydrogen-bond acceptors (Lipinski definition) is 5. The lowest BCUT2D eigenvalue weighted by Gasteiger charge is -2.00. The summed E-state index contributed by atoms with van der Waals surface area (Å²) in [6.45, 7) is 0. The van der Waals surface area contributed by atoms with Crippen LogP contribution >= 0.6 is 0 Å². The maximum Gasteiger partial charge on any atom is 0.269 e. The van der Waals surface area contributed by atoms with Crippen LogP contribution in [0.15, 0.2) is 48.5 Å². The molecule has 0 aliphatic carbocycles. The van der Waals surface area contributed by atoms with Crippen molar-refractivity contribution in [1.29, 1.82) is 0 Å². The minimum atomic E-state index is -0.441. The minimum absolute atomic E-state index is 0.0394. The topological polar surface area (TPSA) is 81.8 Å². The summed E-state index contributed by atoms with van der Waals surface area (Å²) in [7, 11) is 0. The number of non-ortho nitro benzene ring substituents is 1. The number of fused-ring (bicyclic) bond motifs is 1. The molecule has 6 nitrogen and oxygen atoms in total. The summed E-state index contributed by atoms with van der Waals surface area (Å²) in [5.41, 5.74) is 2.19. The van der Waals surface area contributed by atoms with E-state index in [4.69, 9.17) is 0 Å². The van der Waals surface area contributed by atoms with Crippen molar-refractivity contribution in [2.24, 2.45) is 0 Å². The van der Waals surface area contributed by atoms with E-state index in [1.54, 1.807) is 12.1 Å². The molecule has 0 bridgehead atoms. The number of nitrogens with zero attached hydrogens (tertiary/aromatic N) is 4. The predicted molar refractivity (Wildman–Crippen MR) is 69.4 cm³/mol. The Morgan fingerprint density at radius 1 is 0.895 bits per heavy atom. The second kappa shape index (κ2) is 4.41. The summed E-state index contributed by atoms with van der Waals surface area (Å²) < 4.78 is 0. The number of aromatic nitrogens is 3. The first-order chi connectivity index (χ1) is 9.24. The molecule has 0 aliphatic rings. The van der Waals surface area contributed by atoms with Crippen LogP contribution in [0.3, 0.4) is 0 Å². The summed E-state index contributed by atoms with van der Waals surface area (Å²) in [4.78, 5) is 14.5. The van der Waals surface area contributed by atoms with E-state index >= 15 is 0 Å². The van der Waals surface area contributed by atoms with Gasteiger partial charge in [-0.25, -0.2) is 4.98 Å². The van der Waals surface area contributed by atoms with Gasteiger partial charge in [-0.2, -0.15) is 0 Å². The molecule has 0 fully saturated rings. The molecule has 19 heavy (non-hydrogen) atoms. The third kappa shape index (κ3) is 2.11. The van der Waals surface area contributed by atoms with Crippen LogP contribution in [-0.2, 0) is 0 Å². The van der Waals surface area contributed by atoms with E-state index < -0.39 is 4.92 Å². The van der Waals surface area contributed by atoms with Crippen LogP contribution in [0.25, 0.3) is 22.4 Å². The van der Waals surface area contributed by atoms with Gasteiger partial charge in [0.25, 0.3) is 5.69 Å². The van der Waals surface area contributed by atoms with Crippen LogP contribution in [0.1, 0.15) is 0 Å². The van der Waals surface area contributed by atoms with Gasteiger partial charge in [-0.3, -0.25) is 10.1 Å². The quantitative estimate of drug-likeness (QED) is 0.517. The lowest BCUT2D eigenvalue weighted by Crippen LogP contribution is -1.94. The second-order valence-corrected chi connectivity index (χ2v) is 3.93. The fraction of sp³-hybridized carbons (Fsp3) is 0. The van der Waals surface area contributed by atoms with Gasteiger partial charge in [-0.05, 0) is 24.3 Å². The Labute approximate surface area is 107 Å². The van der Waals surface area contributed by atoms with E-state index in [0.717, 1.165) is 5.52 Å². The molecule has 0 aliphatic heterocycles. The Bertz CT molecular complexity index is 756. The lowest BCUT2D eigenvalue weighted by atomic mass is 10.2. The molecule has 0 N–H and O–H groups in total. The first-order valence-electron chi connectivity index (χ1n) is 5.58. The van der Waals surface area contributed by atoms with E-state index in [1.807, 2.05) is 24.3 Å². The van der Waals surface area contributed by atoms with Crippen LogP contribution in [-0.4, -0.2) is 20.1 Å². The molecule has 0 radical (unpaired) electrons. The summed E-state index contributed by atoms with van der Waals surface area (Å²) >= 11 is 0. The summed E-state index contributed by atoms with van der Waals surface area (Å²) in [5.74, 6) is 0.452. The van der Waals surface area contributed by atoms with Gasteiger partial charge < -0.3 is 0 Å². The molecule has 2 aromatic carbocycles.